The van der Waals surface area contributed by atoms with Crippen molar-refractivity contribution in [3.05, 3.63) is 34.9 Å². The van der Waals surface area contributed by atoms with Crippen LogP contribution in [0.2, 0.25) is 5.02 Å². The molecule has 0 aliphatic carbocycles. The van der Waals surface area contributed by atoms with Crippen molar-refractivity contribution in [2.24, 2.45) is 0 Å². The van der Waals surface area contributed by atoms with Gasteiger partial charge in [0.25, 0.3) is 0 Å². The van der Waals surface area contributed by atoms with Crippen LogP contribution in [0.4, 0.5) is 5.69 Å². The third-order valence-electron chi connectivity index (χ3n) is 3.18. The summed E-state index contributed by atoms with van der Waals surface area (Å²) < 4.78 is 5.62. The molecule has 1 atom stereocenters. The summed E-state index contributed by atoms with van der Waals surface area (Å²) in [5, 5.41) is 9.25. The first-order valence-corrected chi connectivity index (χ1v) is 7.01. The highest BCUT2D eigenvalue weighted by Gasteiger charge is 2.17. The Morgan fingerprint density at radius 1 is 1.55 bits per heavy atom. The van der Waals surface area contributed by atoms with Crippen molar-refractivity contribution in [1.29, 1.82) is 0 Å². The number of carboxylic acid groups (broad SMARTS) is 1. The maximum Gasteiger partial charge on any atom is 0.328 e. The van der Waals surface area contributed by atoms with E-state index in [2.05, 4.69) is 11.8 Å². The summed E-state index contributed by atoms with van der Waals surface area (Å²) in [7, 11) is 0. The van der Waals surface area contributed by atoms with E-state index in [0.29, 0.717) is 5.02 Å². The van der Waals surface area contributed by atoms with Gasteiger partial charge < -0.3 is 14.7 Å². The molecule has 0 amide bonds. The zero-order valence-corrected chi connectivity index (χ0v) is 12.1. The summed E-state index contributed by atoms with van der Waals surface area (Å²) >= 11 is 6.32. The van der Waals surface area contributed by atoms with E-state index in [-0.39, 0.29) is 6.10 Å². The van der Waals surface area contributed by atoms with Gasteiger partial charge in [0.05, 0.1) is 16.8 Å². The van der Waals surface area contributed by atoms with E-state index in [4.69, 9.17) is 21.4 Å². The monoisotopic (exact) mass is 295 g/mol. The normalized spacial score (nSPS) is 20.1. The highest BCUT2D eigenvalue weighted by atomic mass is 35.5. The van der Waals surface area contributed by atoms with Crippen molar-refractivity contribution < 1.29 is 14.6 Å². The number of hydrogen-bond donors (Lipinski definition) is 1. The van der Waals surface area contributed by atoms with Crippen LogP contribution < -0.4 is 4.90 Å². The van der Waals surface area contributed by atoms with E-state index in [9.17, 15) is 4.79 Å². The molecule has 0 bridgehead atoms. The fourth-order valence-electron chi connectivity index (χ4n) is 2.26. The third-order valence-corrected chi connectivity index (χ3v) is 3.49. The number of carboxylic acids is 1. The Morgan fingerprint density at radius 2 is 2.35 bits per heavy atom. The van der Waals surface area contributed by atoms with Crippen LogP contribution in [-0.4, -0.2) is 36.9 Å². The number of benzene rings is 1. The molecule has 1 fully saturated rings. The van der Waals surface area contributed by atoms with Gasteiger partial charge in [-0.15, -0.1) is 0 Å². The number of aliphatic carboxylic acids is 1. The minimum Gasteiger partial charge on any atom is -0.478 e. The number of anilines is 1. The molecule has 1 aromatic rings. The van der Waals surface area contributed by atoms with Gasteiger partial charge in [-0.05, 0) is 37.1 Å². The van der Waals surface area contributed by atoms with Crippen LogP contribution in [0.3, 0.4) is 0 Å². The lowest BCUT2D eigenvalue weighted by atomic mass is 10.1. The Hall–Kier alpha value is -1.52. The molecule has 1 heterocycles. The molecule has 1 aliphatic rings. The highest BCUT2D eigenvalue weighted by molar-refractivity contribution is 6.33. The van der Waals surface area contributed by atoms with Crippen molar-refractivity contribution >= 4 is 29.3 Å². The SMILES string of the molecule is CC1CN(c2ccc(/C=C/C(=O)O)cc2Cl)CCCO1. The molecule has 20 heavy (non-hydrogen) atoms. The molecule has 0 spiro atoms. The Bertz CT molecular complexity index is 516. The van der Waals surface area contributed by atoms with Crippen LogP contribution >= 0.6 is 11.6 Å². The van der Waals surface area contributed by atoms with Crippen LogP contribution in [-0.2, 0) is 9.53 Å². The van der Waals surface area contributed by atoms with Crippen molar-refractivity contribution in [3.8, 4) is 0 Å². The van der Waals surface area contributed by atoms with Crippen LogP contribution in [0.15, 0.2) is 24.3 Å². The first-order valence-electron chi connectivity index (χ1n) is 6.63. The van der Waals surface area contributed by atoms with E-state index >= 15 is 0 Å². The summed E-state index contributed by atoms with van der Waals surface area (Å²) in [5.74, 6) is -0.969. The molecule has 108 valence electrons. The molecule has 0 saturated carbocycles. The van der Waals surface area contributed by atoms with Crippen LogP contribution in [0.25, 0.3) is 6.08 Å². The predicted molar refractivity (Wildman–Crippen MR) is 80.4 cm³/mol. The lowest BCUT2D eigenvalue weighted by molar-refractivity contribution is -0.131. The molecule has 1 aliphatic heterocycles. The Balaban J connectivity index is 2.18. The van der Waals surface area contributed by atoms with Gasteiger partial charge in [0.2, 0.25) is 0 Å². The zero-order valence-electron chi connectivity index (χ0n) is 11.4. The largest absolute Gasteiger partial charge is 0.478 e. The number of carbonyl (C=O) groups is 1. The third kappa shape index (κ3) is 3.99. The molecule has 1 unspecified atom stereocenters. The van der Waals surface area contributed by atoms with Gasteiger partial charge in [-0.1, -0.05) is 17.7 Å². The number of nitrogens with zero attached hydrogens (tertiary/aromatic N) is 1. The summed E-state index contributed by atoms with van der Waals surface area (Å²) in [6.07, 6.45) is 3.79. The van der Waals surface area contributed by atoms with Crippen molar-refractivity contribution in [2.75, 3.05) is 24.6 Å². The summed E-state index contributed by atoms with van der Waals surface area (Å²) in [6.45, 7) is 4.54. The summed E-state index contributed by atoms with van der Waals surface area (Å²) in [5.41, 5.74) is 1.75. The molecular formula is C15H18ClNO3. The van der Waals surface area contributed by atoms with Gasteiger partial charge in [0, 0.05) is 25.8 Å². The summed E-state index contributed by atoms with van der Waals surface area (Å²) in [6, 6.07) is 5.59. The van der Waals surface area contributed by atoms with Gasteiger partial charge in [-0.2, -0.15) is 0 Å². The van der Waals surface area contributed by atoms with Crippen LogP contribution in [0.1, 0.15) is 18.9 Å². The molecule has 2 rings (SSSR count). The second kappa shape index (κ2) is 6.77. The molecule has 0 aromatic heterocycles. The van der Waals surface area contributed by atoms with E-state index in [0.717, 1.165) is 43.4 Å². The van der Waals surface area contributed by atoms with Crippen molar-refractivity contribution in [3.63, 3.8) is 0 Å². The lowest BCUT2D eigenvalue weighted by Gasteiger charge is -2.25. The van der Waals surface area contributed by atoms with Gasteiger partial charge >= 0.3 is 5.97 Å². The Labute approximate surface area is 123 Å². The highest BCUT2D eigenvalue weighted by Crippen LogP contribution is 2.28. The van der Waals surface area contributed by atoms with E-state index in [1.807, 2.05) is 12.1 Å². The number of halogens is 1. The van der Waals surface area contributed by atoms with Gasteiger partial charge in [-0.25, -0.2) is 4.79 Å². The standard InChI is InChI=1S/C15H18ClNO3/c1-11-10-17(7-2-8-20-11)14-5-3-12(9-13(14)16)4-6-15(18)19/h3-6,9,11H,2,7-8,10H2,1H3,(H,18,19)/b6-4+. The van der Waals surface area contributed by atoms with E-state index in [1.54, 1.807) is 6.07 Å². The van der Waals surface area contributed by atoms with Crippen LogP contribution in [0, 0.1) is 0 Å². The topological polar surface area (TPSA) is 49.8 Å². The fourth-order valence-corrected chi connectivity index (χ4v) is 2.57. The molecule has 1 N–H and O–H groups in total. The second-order valence-electron chi connectivity index (χ2n) is 4.86. The maximum atomic E-state index is 10.5. The minimum atomic E-state index is -0.969. The van der Waals surface area contributed by atoms with E-state index < -0.39 is 5.97 Å². The average Bonchev–Trinajstić information content (AvgIpc) is 2.61. The number of rotatable bonds is 3. The van der Waals surface area contributed by atoms with Crippen molar-refractivity contribution in [2.45, 2.75) is 19.4 Å². The first-order chi connectivity index (χ1) is 9.56. The van der Waals surface area contributed by atoms with E-state index in [1.165, 1.54) is 6.08 Å². The Kier molecular flexibility index (Phi) is 5.04. The number of ether oxygens (including phenoxy) is 1. The molecular weight excluding hydrogens is 278 g/mol. The van der Waals surface area contributed by atoms with Gasteiger partial charge in [-0.3, -0.25) is 0 Å². The Morgan fingerprint density at radius 3 is 3.05 bits per heavy atom. The quantitative estimate of drug-likeness (QED) is 0.871. The first kappa shape index (κ1) is 14.9. The molecule has 0 radical (unpaired) electrons. The fraction of sp³-hybridized carbons (Fsp3) is 0.400. The number of hydrogen-bond acceptors (Lipinski definition) is 3. The average molecular weight is 296 g/mol. The van der Waals surface area contributed by atoms with Crippen LogP contribution in [0.5, 0.6) is 0 Å². The zero-order chi connectivity index (χ0) is 14.5. The maximum absolute atomic E-state index is 10.5. The van der Waals surface area contributed by atoms with Crippen molar-refractivity contribution in [1.82, 2.24) is 0 Å². The minimum absolute atomic E-state index is 0.181. The molecule has 1 aromatic carbocycles. The molecule has 4 nitrogen and oxygen atoms in total. The second-order valence-corrected chi connectivity index (χ2v) is 5.27. The van der Waals surface area contributed by atoms with Gasteiger partial charge in [0.15, 0.2) is 0 Å². The lowest BCUT2D eigenvalue weighted by Crippen LogP contribution is -2.30. The molecule has 1 saturated heterocycles. The summed E-state index contributed by atoms with van der Waals surface area (Å²) in [4.78, 5) is 12.7. The smallest absolute Gasteiger partial charge is 0.328 e. The molecule has 5 heteroatoms. The van der Waals surface area contributed by atoms with Gasteiger partial charge in [0.1, 0.15) is 0 Å². The predicted octanol–water partition coefficient (Wildman–Crippen LogP) is 3.05.